The van der Waals surface area contributed by atoms with Gasteiger partial charge < -0.3 is 45.0 Å². The van der Waals surface area contributed by atoms with Crippen molar-refractivity contribution in [1.29, 1.82) is 0 Å². The number of fused-ring (bicyclic) bond motifs is 9. The predicted molar refractivity (Wildman–Crippen MR) is 228 cm³/mol. The summed E-state index contributed by atoms with van der Waals surface area (Å²) >= 11 is 12.5. The molecule has 6 rings (SSSR count). The normalized spacial score (nSPS) is 17.8. The first kappa shape index (κ1) is 48.1. The highest BCUT2D eigenvalue weighted by molar-refractivity contribution is 6.74. The van der Waals surface area contributed by atoms with Gasteiger partial charge in [0, 0.05) is 13.5 Å². The van der Waals surface area contributed by atoms with Crippen molar-refractivity contribution in [3.05, 3.63) is 111 Å². The number of nitrogens with zero attached hydrogens (tertiary/aromatic N) is 1. The van der Waals surface area contributed by atoms with Gasteiger partial charge in [-0.15, -0.1) is 0 Å². The van der Waals surface area contributed by atoms with E-state index in [0.29, 0.717) is 16.9 Å². The van der Waals surface area contributed by atoms with E-state index in [9.17, 15) is 47.4 Å². The summed E-state index contributed by atoms with van der Waals surface area (Å²) in [5, 5.41) is 26.7. The number of carbonyl (C=O) groups is 5. The molecule has 5 N–H and O–H groups in total. The molecule has 20 heteroatoms. The number of methoxy groups -OCH3 is 1. The van der Waals surface area contributed by atoms with Gasteiger partial charge in [-0.3, -0.25) is 19.2 Å². The zero-order valence-corrected chi connectivity index (χ0v) is 37.5. The summed E-state index contributed by atoms with van der Waals surface area (Å²) in [5.74, 6) is -7.44. The minimum absolute atomic E-state index is 0.108. The molecule has 336 valence electrons. The number of ether oxygens (including phenoxy) is 2. The summed E-state index contributed by atoms with van der Waals surface area (Å²) < 4.78 is 58.3. The third-order valence-corrected chi connectivity index (χ3v) is 15.8. The molecule has 2 aliphatic heterocycles. The van der Waals surface area contributed by atoms with Gasteiger partial charge in [0.2, 0.25) is 26.0 Å². The van der Waals surface area contributed by atoms with Gasteiger partial charge >= 0.3 is 18.1 Å². The second-order valence-electron chi connectivity index (χ2n) is 16.2. The average molecular weight is 934 g/mol. The zero-order valence-electron chi connectivity index (χ0n) is 35.0. The molecule has 0 aliphatic carbocycles. The first-order valence-electron chi connectivity index (χ1n) is 19.2. The van der Waals surface area contributed by atoms with Crippen LogP contribution in [0.1, 0.15) is 61.2 Å². The van der Waals surface area contributed by atoms with Gasteiger partial charge in [-0.1, -0.05) is 74.3 Å². The van der Waals surface area contributed by atoms with Crippen molar-refractivity contribution < 1.29 is 61.3 Å². The van der Waals surface area contributed by atoms with Crippen molar-refractivity contribution in [3.8, 4) is 28.7 Å². The topological polar surface area (TPSA) is 193 Å². The van der Waals surface area contributed by atoms with E-state index in [1.807, 2.05) is 0 Å². The first-order valence-corrected chi connectivity index (χ1v) is 22.9. The standard InChI is InChI=1S/C43H45Cl2F3N4O10Si/c1-42(2,3)63(6,7)62-27-15-10-23(11-16-27)35(40(58)60-5)50-37(55)30-18-22-8-13-26(14-9-22)61-32-21-24(12-17-31(32)53)33(51-41(59)43(46,47)48)38(56)49-34(39(57)52(30)4)25-19-28(44)36(54)29(45)20-25/h8-17,19-21,30,33-35,53-54H,18H2,1-7H3,(H,49,56)(H,50,55)(H,51,59)/t30-,33+,34+,35+/m0/s1. The van der Waals surface area contributed by atoms with E-state index in [4.69, 9.17) is 37.1 Å². The van der Waals surface area contributed by atoms with Crippen molar-refractivity contribution in [1.82, 2.24) is 20.9 Å². The Balaban J connectivity index is 1.62. The Hall–Kier alpha value is -5.98. The molecule has 0 aromatic heterocycles. The zero-order chi connectivity index (χ0) is 46.8. The number of amides is 4. The summed E-state index contributed by atoms with van der Waals surface area (Å²) in [6.07, 6.45) is -5.70. The van der Waals surface area contributed by atoms with Gasteiger partial charge in [-0.05, 0) is 88.9 Å². The molecular formula is C43H45Cl2F3N4O10Si. The summed E-state index contributed by atoms with van der Waals surface area (Å²) in [6, 6.07) is 10.7. The van der Waals surface area contributed by atoms with Crippen LogP contribution < -0.4 is 25.1 Å². The number of likely N-dealkylation sites (N-methyl/N-ethyl adjacent to an activating group) is 1. The number of phenolic OH excluding ortho intramolecular Hbond substituents is 2. The van der Waals surface area contributed by atoms with E-state index in [0.717, 1.165) is 42.3 Å². The molecule has 0 radical (unpaired) electrons. The van der Waals surface area contributed by atoms with Gasteiger partial charge in [0.1, 0.15) is 29.6 Å². The van der Waals surface area contributed by atoms with Gasteiger partial charge in [0.15, 0.2) is 23.3 Å². The van der Waals surface area contributed by atoms with Crippen LogP contribution in [0.25, 0.3) is 0 Å². The van der Waals surface area contributed by atoms with E-state index in [1.54, 1.807) is 41.7 Å². The predicted octanol–water partition coefficient (Wildman–Crippen LogP) is 7.57. The SMILES string of the molecule is COC(=O)[C@H](NC(=O)[C@@H]1Cc2ccc(cc2)Oc2cc(ccc2O)[C@@H](NC(=O)C(F)(F)F)C(=O)N[C@H](c2cc(Cl)c(O)c(Cl)c2)C(=O)N1C)c1ccc(O[Si](C)(C)C(C)(C)C)cc1. The molecule has 63 heavy (non-hydrogen) atoms. The van der Waals surface area contributed by atoms with E-state index < -0.39 is 79.8 Å². The summed E-state index contributed by atoms with van der Waals surface area (Å²) in [6.45, 7) is 10.4. The third-order valence-electron chi connectivity index (χ3n) is 10.8. The van der Waals surface area contributed by atoms with Gasteiger partial charge in [-0.2, -0.15) is 13.2 Å². The summed E-state index contributed by atoms with van der Waals surface area (Å²) in [7, 11) is 0.0895. The molecular weight excluding hydrogens is 888 g/mol. The molecule has 4 amide bonds. The summed E-state index contributed by atoms with van der Waals surface area (Å²) in [5.41, 5.74) is 0.257. The fraction of sp³-hybridized carbons (Fsp3) is 0.326. The van der Waals surface area contributed by atoms with E-state index >= 15 is 0 Å². The molecule has 0 spiro atoms. The number of alkyl halides is 3. The highest BCUT2D eigenvalue weighted by Crippen LogP contribution is 2.39. The number of carbonyl (C=O) groups excluding carboxylic acids is 5. The number of aromatic hydroxyl groups is 2. The van der Waals surface area contributed by atoms with E-state index in [1.165, 1.54) is 19.2 Å². The minimum atomic E-state index is -5.47. The molecule has 2 heterocycles. The van der Waals surface area contributed by atoms with Gasteiger partial charge in [0.05, 0.1) is 17.2 Å². The van der Waals surface area contributed by atoms with Crippen LogP contribution in [0, 0.1) is 0 Å². The van der Waals surface area contributed by atoms with Crippen LogP contribution in [0.3, 0.4) is 0 Å². The van der Waals surface area contributed by atoms with Gasteiger partial charge in [-0.25, -0.2) is 4.79 Å². The number of esters is 1. The lowest BCUT2D eigenvalue weighted by molar-refractivity contribution is -0.174. The lowest BCUT2D eigenvalue weighted by Gasteiger charge is -2.36. The fourth-order valence-corrected chi connectivity index (χ4v) is 7.72. The number of benzene rings is 4. The highest BCUT2D eigenvalue weighted by Gasteiger charge is 2.43. The Morgan fingerprint density at radius 1 is 0.921 bits per heavy atom. The molecule has 4 aromatic rings. The third kappa shape index (κ3) is 11.2. The molecule has 0 saturated carbocycles. The largest absolute Gasteiger partial charge is 0.544 e. The van der Waals surface area contributed by atoms with Gasteiger partial charge in [0.25, 0.3) is 0 Å². The molecule has 4 bridgehead atoms. The van der Waals surface area contributed by atoms with E-state index in [-0.39, 0.29) is 44.1 Å². The molecule has 2 aliphatic rings. The number of halogens is 5. The van der Waals surface area contributed by atoms with Crippen molar-refractivity contribution in [2.45, 2.75) is 75.7 Å². The maximum Gasteiger partial charge on any atom is 0.471 e. The van der Waals surface area contributed by atoms with E-state index in [2.05, 4.69) is 44.5 Å². The average Bonchev–Trinajstić information content (AvgIpc) is 3.21. The Kier molecular flexibility index (Phi) is 14.3. The van der Waals surface area contributed by atoms with Crippen molar-refractivity contribution in [2.24, 2.45) is 0 Å². The number of phenols is 2. The molecule has 0 fully saturated rings. The number of rotatable bonds is 8. The van der Waals surface area contributed by atoms with Crippen LogP contribution in [0.15, 0.2) is 78.9 Å². The molecule has 4 atom stereocenters. The highest BCUT2D eigenvalue weighted by atomic mass is 35.5. The minimum Gasteiger partial charge on any atom is -0.544 e. The quantitative estimate of drug-likeness (QED) is 0.0870. The number of nitrogens with one attached hydrogen (secondary N) is 3. The number of hydrogen-bond donors (Lipinski definition) is 5. The van der Waals surface area contributed by atoms with Crippen LogP contribution in [0.4, 0.5) is 13.2 Å². The Morgan fingerprint density at radius 2 is 1.52 bits per heavy atom. The Bertz CT molecular complexity index is 2370. The van der Waals surface area contributed by atoms with Crippen LogP contribution in [-0.2, 0) is 35.1 Å². The smallest absolute Gasteiger partial charge is 0.471 e. The molecule has 0 saturated heterocycles. The second kappa shape index (κ2) is 18.8. The fourth-order valence-electron chi connectivity index (χ4n) is 6.19. The van der Waals surface area contributed by atoms with Crippen molar-refractivity contribution in [3.63, 3.8) is 0 Å². The lowest BCUT2D eigenvalue weighted by Crippen LogP contribution is -2.54. The second-order valence-corrected chi connectivity index (χ2v) is 21.8. The Morgan fingerprint density at radius 3 is 2.08 bits per heavy atom. The molecule has 4 aromatic carbocycles. The maximum absolute atomic E-state index is 14.8. The lowest BCUT2D eigenvalue weighted by atomic mass is 9.98. The summed E-state index contributed by atoms with van der Waals surface area (Å²) in [4.78, 5) is 70.1. The molecule has 0 unspecified atom stereocenters. The van der Waals surface area contributed by atoms with Crippen LogP contribution in [0.5, 0.6) is 28.7 Å². The van der Waals surface area contributed by atoms with Crippen LogP contribution in [-0.4, -0.2) is 79.4 Å². The van der Waals surface area contributed by atoms with Crippen LogP contribution >= 0.6 is 23.2 Å². The monoisotopic (exact) mass is 932 g/mol. The Labute approximate surface area is 371 Å². The van der Waals surface area contributed by atoms with Crippen molar-refractivity contribution in [2.75, 3.05) is 14.2 Å². The maximum atomic E-state index is 14.8. The first-order chi connectivity index (χ1) is 29.3. The number of hydrogen-bond acceptors (Lipinski definition) is 10. The van der Waals surface area contributed by atoms with Crippen LogP contribution in [0.2, 0.25) is 28.2 Å². The molecule has 14 nitrogen and oxygen atoms in total. The van der Waals surface area contributed by atoms with Crippen molar-refractivity contribution >= 4 is 61.1 Å².